The predicted octanol–water partition coefficient (Wildman–Crippen LogP) is 11.3. The van der Waals surface area contributed by atoms with Gasteiger partial charge in [-0.1, -0.05) is 73.5 Å². The lowest BCUT2D eigenvalue weighted by Crippen LogP contribution is -2.59. The van der Waals surface area contributed by atoms with Gasteiger partial charge < -0.3 is 19.1 Å². The Balaban J connectivity index is 2.32. The van der Waals surface area contributed by atoms with Crippen molar-refractivity contribution in [2.75, 3.05) is 0 Å². The number of ketones is 1. The van der Waals surface area contributed by atoms with Crippen LogP contribution in [0.3, 0.4) is 0 Å². The number of Topliss-reactive ketones (excluding diaryl/α,β-unsaturated/α-hetero) is 1. The van der Waals surface area contributed by atoms with E-state index in [9.17, 15) is 19.4 Å². The third kappa shape index (κ3) is 12.3. The van der Waals surface area contributed by atoms with Crippen molar-refractivity contribution in [3.05, 3.63) is 33.6 Å². The molecule has 0 aromatic carbocycles. The molecule has 5 atom stereocenters. The van der Waals surface area contributed by atoms with E-state index in [1.54, 1.807) is 5.38 Å². The van der Waals surface area contributed by atoms with Gasteiger partial charge in [-0.2, -0.15) is 0 Å². The Morgan fingerprint density at radius 1 is 1.08 bits per heavy atom. The zero-order chi connectivity index (χ0) is 39.2. The minimum absolute atomic E-state index is 0.0556. The highest BCUT2D eigenvalue weighted by molar-refractivity contribution is 7.09. The first-order chi connectivity index (χ1) is 23.3. The molecule has 1 aliphatic carbocycles. The number of nitrogens with zero attached hydrogens (tertiary/aromatic N) is 1. The maximum absolute atomic E-state index is 15.0. The second-order valence-electron chi connectivity index (χ2n) is 18.2. The van der Waals surface area contributed by atoms with Gasteiger partial charge >= 0.3 is 5.97 Å². The fourth-order valence-electron chi connectivity index (χ4n) is 6.45. The number of aliphatic carboxylic acids is 1. The third-order valence-corrected chi connectivity index (χ3v) is 21.8. The summed E-state index contributed by atoms with van der Waals surface area (Å²) in [6.07, 6.45) is 6.29. The largest absolute Gasteiger partial charge is 0.481 e. The molecule has 1 aromatic heterocycles. The van der Waals surface area contributed by atoms with Gasteiger partial charge in [0.15, 0.2) is 16.6 Å². The summed E-state index contributed by atoms with van der Waals surface area (Å²) in [7, 11) is -4.69. The highest BCUT2D eigenvalue weighted by Crippen LogP contribution is 2.53. The summed E-state index contributed by atoms with van der Waals surface area (Å²) in [5.74, 6) is -1.72. The molecule has 0 aliphatic heterocycles. The highest BCUT2D eigenvalue weighted by Gasteiger charge is 2.57. The molecule has 0 radical (unpaired) electrons. The second-order valence-corrected chi connectivity index (χ2v) is 28.8. The van der Waals surface area contributed by atoms with Gasteiger partial charge in [0.1, 0.15) is 17.7 Å². The third-order valence-electron chi connectivity index (χ3n) is 12.1. The zero-order valence-corrected chi connectivity index (χ0v) is 37.1. The summed E-state index contributed by atoms with van der Waals surface area (Å²) in [4.78, 5) is 31.5. The first kappa shape index (κ1) is 45.7. The number of aryl methyl sites for hydroxylation is 1. The molecule has 292 valence electrons. The quantitative estimate of drug-likeness (QED) is 0.100. The van der Waals surface area contributed by atoms with Gasteiger partial charge in [-0.05, 0) is 107 Å². The molecule has 2 rings (SSSR count). The molecule has 0 bridgehead atoms. The Kier molecular flexibility index (Phi) is 16.3. The number of carboxylic acid groups (broad SMARTS) is 1. The number of aliphatic hydroxyl groups is 1. The Hall–Kier alpha value is -1.51. The second kappa shape index (κ2) is 18.2. The number of allylic oxidation sites excluding steroid dienone is 1. The van der Waals surface area contributed by atoms with E-state index in [-0.39, 0.29) is 46.6 Å². The van der Waals surface area contributed by atoms with Gasteiger partial charge in [-0.25, -0.2) is 9.37 Å². The van der Waals surface area contributed by atoms with Gasteiger partial charge in [0.2, 0.25) is 0 Å². The molecule has 0 saturated heterocycles. The molecule has 2 N–H and O–H groups in total. The van der Waals surface area contributed by atoms with Gasteiger partial charge in [0.05, 0.1) is 34.7 Å². The smallest absolute Gasteiger partial charge is 0.305 e. The Morgan fingerprint density at radius 2 is 1.65 bits per heavy atom. The number of carbonyl (C=O) groups is 2. The first-order valence-corrected chi connectivity index (χ1v) is 25.7. The molecule has 1 saturated carbocycles. The number of thiazole rings is 1. The molecule has 7 nitrogen and oxygen atoms in total. The van der Waals surface area contributed by atoms with Crippen LogP contribution in [0.25, 0.3) is 6.08 Å². The van der Waals surface area contributed by atoms with E-state index in [0.29, 0.717) is 25.0 Å². The number of carboxylic acids is 1. The molecule has 0 amide bonds. The number of carbonyl (C=O) groups excluding carboxylic acids is 1. The Morgan fingerprint density at radius 3 is 2.10 bits per heavy atom. The van der Waals surface area contributed by atoms with E-state index in [0.717, 1.165) is 36.3 Å². The lowest BCUT2D eigenvalue weighted by molar-refractivity contribution is -0.156. The molecular formula is C40H70FNO6SSi2. The molecule has 1 aromatic rings. The van der Waals surface area contributed by atoms with Crippen molar-refractivity contribution in [2.24, 2.45) is 17.3 Å². The van der Waals surface area contributed by atoms with Crippen LogP contribution in [0.15, 0.2) is 22.9 Å². The zero-order valence-electron chi connectivity index (χ0n) is 34.2. The maximum Gasteiger partial charge on any atom is 0.305 e. The standard InChI is InChI=1S/C40H70FNO6SSi2/c1-15-31(37(46)40(22-17-23-40)34(25-35(44)45)47-50(11,12)38(5,6)7)36(48-51(13,14)39(8,9)10)28(3)19-16-18-27(2)20-21-33(43)32(41)24-30-26-49-29(4)42-30/h20,24,26,28,31,33-34,36,43H,15-19,21-23,25H2,1-14H3,(H,44,45)/b27-20-,32-24-/t28-,31+,33-,34-,36-/m0/s1. The van der Waals surface area contributed by atoms with E-state index < -0.39 is 46.1 Å². The van der Waals surface area contributed by atoms with Crippen molar-refractivity contribution in [3.8, 4) is 0 Å². The average molecular weight is 768 g/mol. The highest BCUT2D eigenvalue weighted by atomic mass is 32.1. The number of aromatic nitrogens is 1. The number of hydrogen-bond acceptors (Lipinski definition) is 7. The molecule has 0 unspecified atom stereocenters. The van der Waals surface area contributed by atoms with Crippen LogP contribution in [-0.4, -0.2) is 61.9 Å². The number of hydrogen-bond donors (Lipinski definition) is 2. The number of halogens is 1. The van der Waals surface area contributed by atoms with Crippen molar-refractivity contribution < 1.29 is 33.0 Å². The number of aliphatic hydroxyl groups excluding tert-OH is 1. The summed E-state index contributed by atoms with van der Waals surface area (Å²) in [5.41, 5.74) is 0.771. The molecule has 11 heteroatoms. The minimum Gasteiger partial charge on any atom is -0.481 e. The SMILES string of the molecule is CC[C@@H](C(=O)C1([C@H](CC(=O)O)O[Si](C)(C)C(C)(C)C)CCC1)[C@@H](O[Si](C)(C)C(C)(C)C)[C@@H](C)CCC/C(C)=C\C[C@H](O)/C(F)=C/c1csc(C)n1. The van der Waals surface area contributed by atoms with Gasteiger partial charge in [-0.15, -0.1) is 11.3 Å². The van der Waals surface area contributed by atoms with E-state index >= 15 is 4.79 Å². The summed E-state index contributed by atoms with van der Waals surface area (Å²) in [6, 6.07) is 0. The van der Waals surface area contributed by atoms with E-state index in [4.69, 9.17) is 8.85 Å². The molecule has 1 heterocycles. The molecule has 1 fully saturated rings. The predicted molar refractivity (Wildman–Crippen MR) is 215 cm³/mol. The molecule has 1 aliphatic rings. The van der Waals surface area contributed by atoms with Crippen LogP contribution < -0.4 is 0 Å². The summed E-state index contributed by atoms with van der Waals surface area (Å²) in [5, 5.41) is 22.9. The fourth-order valence-corrected chi connectivity index (χ4v) is 9.83. The van der Waals surface area contributed by atoms with Gasteiger partial charge in [-0.3, -0.25) is 9.59 Å². The fraction of sp³-hybridized carbons (Fsp3) is 0.775. The maximum atomic E-state index is 15.0. The first-order valence-electron chi connectivity index (χ1n) is 19.0. The Labute approximate surface area is 315 Å². The van der Waals surface area contributed by atoms with Crippen LogP contribution in [-0.2, 0) is 18.4 Å². The summed E-state index contributed by atoms with van der Waals surface area (Å²) >= 11 is 1.44. The van der Waals surface area contributed by atoms with Crippen LogP contribution >= 0.6 is 11.3 Å². The molecule has 0 spiro atoms. The average Bonchev–Trinajstić information content (AvgIpc) is 3.37. The number of rotatable bonds is 20. The van der Waals surface area contributed by atoms with Crippen LogP contribution in [0.2, 0.25) is 36.3 Å². The monoisotopic (exact) mass is 767 g/mol. The van der Waals surface area contributed by atoms with Gasteiger partial charge in [0, 0.05) is 11.3 Å². The molecular weight excluding hydrogens is 698 g/mol. The lowest BCUT2D eigenvalue weighted by atomic mass is 9.58. The van der Waals surface area contributed by atoms with Crippen molar-refractivity contribution in [1.29, 1.82) is 0 Å². The molecule has 51 heavy (non-hydrogen) atoms. The van der Waals surface area contributed by atoms with Crippen LogP contribution in [0, 0.1) is 24.2 Å². The minimum atomic E-state index is -2.38. The van der Waals surface area contributed by atoms with E-state index in [2.05, 4.69) is 86.6 Å². The Bertz CT molecular complexity index is 1370. The normalized spacial score (nSPS) is 19.2. The van der Waals surface area contributed by atoms with E-state index in [1.165, 1.54) is 17.4 Å². The van der Waals surface area contributed by atoms with Crippen molar-refractivity contribution in [2.45, 2.75) is 182 Å². The van der Waals surface area contributed by atoms with Crippen molar-refractivity contribution in [1.82, 2.24) is 4.98 Å². The summed E-state index contributed by atoms with van der Waals surface area (Å²) < 4.78 is 28.7. The van der Waals surface area contributed by atoms with Crippen LogP contribution in [0.4, 0.5) is 4.39 Å². The van der Waals surface area contributed by atoms with Gasteiger partial charge in [0.25, 0.3) is 0 Å². The van der Waals surface area contributed by atoms with Crippen LogP contribution in [0.1, 0.15) is 131 Å². The van der Waals surface area contributed by atoms with Crippen LogP contribution in [0.5, 0.6) is 0 Å². The van der Waals surface area contributed by atoms with Crippen molar-refractivity contribution in [3.63, 3.8) is 0 Å². The summed E-state index contributed by atoms with van der Waals surface area (Å²) in [6.45, 7) is 29.9. The van der Waals surface area contributed by atoms with Crippen molar-refractivity contribution >= 4 is 45.8 Å². The lowest BCUT2D eigenvalue weighted by Gasteiger charge is -2.52. The van der Waals surface area contributed by atoms with E-state index in [1.807, 2.05) is 19.9 Å². The topological polar surface area (TPSA) is 106 Å².